The lowest BCUT2D eigenvalue weighted by Gasteiger charge is -2.06. The third kappa shape index (κ3) is 2.85. The molecule has 1 unspecified atom stereocenters. The van der Waals surface area contributed by atoms with Crippen molar-refractivity contribution >= 4 is 0 Å². The number of hydrogen-bond acceptors (Lipinski definition) is 4. The van der Waals surface area contributed by atoms with Gasteiger partial charge in [0.2, 0.25) is 0 Å². The van der Waals surface area contributed by atoms with Crippen LogP contribution in [-0.4, -0.2) is 20.2 Å². The molecule has 1 atom stereocenters. The number of benzene rings is 1. The first-order chi connectivity index (χ1) is 8.16. The van der Waals surface area contributed by atoms with E-state index in [1.807, 2.05) is 13.0 Å². The molecule has 90 valence electrons. The topological polar surface area (TPSA) is 69.6 Å². The summed E-state index contributed by atoms with van der Waals surface area (Å²) in [6.45, 7) is 2.41. The number of aryl methyl sites for hydroxylation is 2. The van der Waals surface area contributed by atoms with Gasteiger partial charge in [0, 0.05) is 6.54 Å². The molecule has 0 saturated carbocycles. The van der Waals surface area contributed by atoms with Gasteiger partial charge in [0.15, 0.2) is 5.82 Å². The molecule has 6 heteroatoms. The Kier molecular flexibility index (Phi) is 3.43. The van der Waals surface area contributed by atoms with Crippen molar-refractivity contribution in [2.75, 3.05) is 0 Å². The Balaban J connectivity index is 2.05. The Morgan fingerprint density at radius 2 is 2.29 bits per heavy atom. The number of nitrogens with two attached hydrogens (primary N) is 1. The first kappa shape index (κ1) is 11.7. The van der Waals surface area contributed by atoms with Gasteiger partial charge in [-0.1, -0.05) is 12.1 Å². The fraction of sp³-hybridized carbons (Fsp3) is 0.364. The Labute approximate surface area is 98.4 Å². The molecule has 2 aromatic rings. The monoisotopic (exact) mass is 235 g/mol. The van der Waals surface area contributed by atoms with Crippen LogP contribution in [0.1, 0.15) is 24.4 Å². The van der Waals surface area contributed by atoms with E-state index in [0.717, 1.165) is 5.56 Å². The van der Waals surface area contributed by atoms with E-state index in [0.29, 0.717) is 18.8 Å². The largest absolute Gasteiger partial charge is 0.322 e. The van der Waals surface area contributed by atoms with Gasteiger partial charge in [0.1, 0.15) is 5.82 Å². The highest BCUT2D eigenvalue weighted by molar-refractivity contribution is 5.16. The van der Waals surface area contributed by atoms with Gasteiger partial charge in [0.25, 0.3) is 0 Å². The van der Waals surface area contributed by atoms with Crippen molar-refractivity contribution in [2.45, 2.75) is 25.9 Å². The van der Waals surface area contributed by atoms with Gasteiger partial charge in [-0.25, -0.2) is 9.07 Å². The molecule has 0 fully saturated rings. The molecule has 1 aromatic heterocycles. The molecule has 0 saturated heterocycles. The summed E-state index contributed by atoms with van der Waals surface area (Å²) in [5, 5.41) is 11.3. The number of hydrogen-bond donors (Lipinski definition) is 1. The summed E-state index contributed by atoms with van der Waals surface area (Å²) < 4.78 is 14.6. The quantitative estimate of drug-likeness (QED) is 0.860. The van der Waals surface area contributed by atoms with Gasteiger partial charge in [-0.05, 0) is 41.5 Å². The van der Waals surface area contributed by atoms with Crippen LogP contribution in [0.5, 0.6) is 0 Å². The number of halogens is 1. The minimum absolute atomic E-state index is 0.211. The van der Waals surface area contributed by atoms with Crippen molar-refractivity contribution in [1.29, 1.82) is 0 Å². The maximum absolute atomic E-state index is 13.0. The van der Waals surface area contributed by atoms with Crippen LogP contribution >= 0.6 is 0 Å². The van der Waals surface area contributed by atoms with E-state index in [-0.39, 0.29) is 11.9 Å². The molecule has 2 rings (SSSR count). The van der Waals surface area contributed by atoms with Crippen molar-refractivity contribution in [3.05, 3.63) is 41.5 Å². The molecule has 0 aliphatic rings. The SMILES string of the molecule is CC(N)c1nnnn1CCc1cccc(F)c1. The van der Waals surface area contributed by atoms with E-state index in [4.69, 9.17) is 5.73 Å². The standard InChI is InChI=1S/C11H14FN5/c1-8(13)11-14-15-16-17(11)6-5-9-3-2-4-10(12)7-9/h2-4,7-8H,5-6,13H2,1H3. The second kappa shape index (κ2) is 5.01. The van der Waals surface area contributed by atoms with Gasteiger partial charge in [0.05, 0.1) is 6.04 Å². The molecule has 1 heterocycles. The van der Waals surface area contributed by atoms with E-state index < -0.39 is 0 Å². The highest BCUT2D eigenvalue weighted by atomic mass is 19.1. The van der Waals surface area contributed by atoms with Crippen LogP contribution in [0.3, 0.4) is 0 Å². The van der Waals surface area contributed by atoms with E-state index in [9.17, 15) is 4.39 Å². The molecule has 0 amide bonds. The van der Waals surface area contributed by atoms with E-state index in [1.54, 1.807) is 10.7 Å². The number of aromatic nitrogens is 4. The molecule has 1 aromatic carbocycles. The summed E-state index contributed by atoms with van der Waals surface area (Å²) >= 11 is 0. The van der Waals surface area contributed by atoms with Crippen molar-refractivity contribution in [1.82, 2.24) is 20.2 Å². The Morgan fingerprint density at radius 3 is 3.00 bits per heavy atom. The summed E-state index contributed by atoms with van der Waals surface area (Å²) in [4.78, 5) is 0. The third-order valence-corrected chi connectivity index (χ3v) is 2.47. The highest BCUT2D eigenvalue weighted by Gasteiger charge is 2.10. The minimum Gasteiger partial charge on any atom is -0.322 e. The normalized spacial score (nSPS) is 12.6. The molecule has 17 heavy (non-hydrogen) atoms. The Bertz CT molecular complexity index is 494. The molecule has 0 aliphatic heterocycles. The average molecular weight is 235 g/mol. The van der Waals surface area contributed by atoms with Gasteiger partial charge < -0.3 is 5.73 Å². The van der Waals surface area contributed by atoms with Crippen molar-refractivity contribution < 1.29 is 4.39 Å². The van der Waals surface area contributed by atoms with E-state index in [1.165, 1.54) is 12.1 Å². The molecule has 0 radical (unpaired) electrons. The van der Waals surface area contributed by atoms with Crippen LogP contribution in [0.4, 0.5) is 4.39 Å². The first-order valence-corrected chi connectivity index (χ1v) is 5.43. The number of rotatable bonds is 4. The summed E-state index contributed by atoms with van der Waals surface area (Å²) in [5.74, 6) is 0.410. The van der Waals surface area contributed by atoms with Gasteiger partial charge in [-0.2, -0.15) is 0 Å². The first-order valence-electron chi connectivity index (χ1n) is 5.43. The maximum atomic E-state index is 13.0. The van der Waals surface area contributed by atoms with Crippen molar-refractivity contribution in [2.24, 2.45) is 5.73 Å². The zero-order chi connectivity index (χ0) is 12.3. The lowest BCUT2D eigenvalue weighted by atomic mass is 10.1. The molecular weight excluding hydrogens is 221 g/mol. The zero-order valence-electron chi connectivity index (χ0n) is 9.55. The molecule has 5 nitrogen and oxygen atoms in total. The molecule has 2 N–H and O–H groups in total. The molecule has 0 bridgehead atoms. The number of nitrogens with zero attached hydrogens (tertiary/aromatic N) is 4. The predicted octanol–water partition coefficient (Wildman–Crippen LogP) is 1.07. The van der Waals surface area contributed by atoms with Crippen LogP contribution in [0.25, 0.3) is 0 Å². The van der Waals surface area contributed by atoms with Gasteiger partial charge in [-0.3, -0.25) is 0 Å². The highest BCUT2D eigenvalue weighted by Crippen LogP contribution is 2.08. The van der Waals surface area contributed by atoms with E-state index in [2.05, 4.69) is 15.5 Å². The zero-order valence-corrected chi connectivity index (χ0v) is 9.55. The van der Waals surface area contributed by atoms with Crippen molar-refractivity contribution in [3.8, 4) is 0 Å². The van der Waals surface area contributed by atoms with Crippen LogP contribution in [0.2, 0.25) is 0 Å². The smallest absolute Gasteiger partial charge is 0.167 e. The summed E-state index contributed by atoms with van der Waals surface area (Å²) in [6, 6.07) is 6.29. The lowest BCUT2D eigenvalue weighted by Crippen LogP contribution is -2.15. The number of tetrazole rings is 1. The second-order valence-corrected chi connectivity index (χ2v) is 3.93. The second-order valence-electron chi connectivity index (χ2n) is 3.93. The fourth-order valence-electron chi connectivity index (χ4n) is 1.62. The molecule has 0 spiro atoms. The molecular formula is C11H14FN5. The van der Waals surface area contributed by atoms with Crippen LogP contribution in [0.15, 0.2) is 24.3 Å². The average Bonchev–Trinajstić information content (AvgIpc) is 2.74. The third-order valence-electron chi connectivity index (χ3n) is 2.47. The predicted molar refractivity (Wildman–Crippen MR) is 60.5 cm³/mol. The summed E-state index contributed by atoms with van der Waals surface area (Å²) in [5.41, 5.74) is 6.64. The lowest BCUT2D eigenvalue weighted by molar-refractivity contribution is 0.541. The fourth-order valence-corrected chi connectivity index (χ4v) is 1.62. The van der Waals surface area contributed by atoms with Crippen LogP contribution in [0, 0.1) is 5.82 Å². The van der Waals surface area contributed by atoms with Crippen LogP contribution < -0.4 is 5.73 Å². The minimum atomic E-state index is -0.230. The van der Waals surface area contributed by atoms with E-state index >= 15 is 0 Å². The summed E-state index contributed by atoms with van der Waals surface area (Å²) in [7, 11) is 0. The summed E-state index contributed by atoms with van der Waals surface area (Å²) in [6.07, 6.45) is 0.669. The Hall–Kier alpha value is -1.82. The van der Waals surface area contributed by atoms with Gasteiger partial charge in [-0.15, -0.1) is 5.10 Å². The van der Waals surface area contributed by atoms with Crippen LogP contribution in [-0.2, 0) is 13.0 Å². The maximum Gasteiger partial charge on any atom is 0.167 e. The van der Waals surface area contributed by atoms with Crippen molar-refractivity contribution in [3.63, 3.8) is 0 Å². The van der Waals surface area contributed by atoms with Gasteiger partial charge >= 0.3 is 0 Å². The molecule has 0 aliphatic carbocycles. The Morgan fingerprint density at radius 1 is 1.47 bits per heavy atom.